The van der Waals surface area contributed by atoms with E-state index in [9.17, 15) is 5.11 Å². The quantitative estimate of drug-likeness (QED) is 0.797. The summed E-state index contributed by atoms with van der Waals surface area (Å²) in [5.41, 5.74) is 9.27. The van der Waals surface area contributed by atoms with Crippen LogP contribution in [-0.2, 0) is 23.4 Å². The standard InChI is InChI=1S/C13H17NO2/c14-8-13(2-1-3-13)11-4-9-6-16-7-10(9)5-12(11)15/h4-5,15H,1-3,6-8,14H2. The molecule has 0 amide bonds. The molecule has 0 atom stereocenters. The SMILES string of the molecule is NCC1(c2cc3c(cc2O)COC3)CCC1. The number of benzene rings is 1. The lowest BCUT2D eigenvalue weighted by molar-refractivity contribution is 0.134. The fourth-order valence-corrected chi connectivity index (χ4v) is 2.83. The highest BCUT2D eigenvalue weighted by Crippen LogP contribution is 2.47. The normalized spacial score (nSPS) is 21.6. The van der Waals surface area contributed by atoms with Crippen LogP contribution in [0.4, 0.5) is 0 Å². The third-order valence-corrected chi connectivity index (χ3v) is 4.11. The molecule has 86 valence electrons. The molecule has 3 rings (SSSR count). The van der Waals surface area contributed by atoms with E-state index >= 15 is 0 Å². The van der Waals surface area contributed by atoms with Crippen LogP contribution in [0.2, 0.25) is 0 Å². The zero-order chi connectivity index (χ0) is 11.2. The first kappa shape index (κ1) is 10.1. The summed E-state index contributed by atoms with van der Waals surface area (Å²) in [7, 11) is 0. The third kappa shape index (κ3) is 1.28. The Morgan fingerprint density at radius 3 is 2.50 bits per heavy atom. The van der Waals surface area contributed by atoms with Crippen LogP contribution in [0.1, 0.15) is 36.0 Å². The first-order chi connectivity index (χ1) is 7.75. The number of rotatable bonds is 2. The van der Waals surface area contributed by atoms with E-state index in [1.54, 1.807) is 0 Å². The molecule has 0 bridgehead atoms. The fraction of sp³-hybridized carbons (Fsp3) is 0.538. The van der Waals surface area contributed by atoms with Gasteiger partial charge in [0.1, 0.15) is 5.75 Å². The van der Waals surface area contributed by atoms with Crippen molar-refractivity contribution in [2.24, 2.45) is 5.73 Å². The molecular formula is C13H17NO2. The second kappa shape index (κ2) is 3.47. The molecule has 0 aromatic heterocycles. The lowest BCUT2D eigenvalue weighted by Crippen LogP contribution is -2.41. The molecule has 1 saturated carbocycles. The maximum Gasteiger partial charge on any atom is 0.119 e. The van der Waals surface area contributed by atoms with Gasteiger partial charge < -0.3 is 15.6 Å². The molecule has 1 aliphatic carbocycles. The highest BCUT2D eigenvalue weighted by atomic mass is 16.5. The maximum atomic E-state index is 10.1. The van der Waals surface area contributed by atoms with Crippen LogP contribution < -0.4 is 5.73 Å². The van der Waals surface area contributed by atoms with E-state index in [1.165, 1.54) is 12.0 Å². The zero-order valence-electron chi connectivity index (χ0n) is 9.33. The molecule has 0 saturated heterocycles. The molecule has 1 aromatic carbocycles. The van der Waals surface area contributed by atoms with Crippen molar-refractivity contribution in [3.63, 3.8) is 0 Å². The monoisotopic (exact) mass is 219 g/mol. The molecule has 0 radical (unpaired) electrons. The van der Waals surface area contributed by atoms with E-state index in [-0.39, 0.29) is 5.41 Å². The smallest absolute Gasteiger partial charge is 0.119 e. The van der Waals surface area contributed by atoms with Gasteiger partial charge in [0, 0.05) is 17.5 Å². The van der Waals surface area contributed by atoms with Gasteiger partial charge in [-0.2, -0.15) is 0 Å². The zero-order valence-corrected chi connectivity index (χ0v) is 9.33. The summed E-state index contributed by atoms with van der Waals surface area (Å²) in [6.45, 7) is 1.92. The number of nitrogens with two attached hydrogens (primary N) is 1. The topological polar surface area (TPSA) is 55.5 Å². The molecule has 1 aliphatic heterocycles. The summed E-state index contributed by atoms with van der Waals surface area (Å²) in [6.07, 6.45) is 3.40. The van der Waals surface area contributed by atoms with Crippen LogP contribution in [0, 0.1) is 0 Å². The Morgan fingerprint density at radius 1 is 1.25 bits per heavy atom. The van der Waals surface area contributed by atoms with Crippen molar-refractivity contribution in [3.8, 4) is 5.75 Å². The van der Waals surface area contributed by atoms with Crippen LogP contribution in [0.3, 0.4) is 0 Å². The summed E-state index contributed by atoms with van der Waals surface area (Å²) in [4.78, 5) is 0. The Bertz CT molecular complexity index is 419. The van der Waals surface area contributed by atoms with Gasteiger partial charge in [-0.1, -0.05) is 6.42 Å². The van der Waals surface area contributed by atoms with Crippen LogP contribution in [0.25, 0.3) is 0 Å². The van der Waals surface area contributed by atoms with Crippen molar-refractivity contribution in [1.29, 1.82) is 0 Å². The number of fused-ring (bicyclic) bond motifs is 1. The molecule has 3 nitrogen and oxygen atoms in total. The van der Waals surface area contributed by atoms with Gasteiger partial charge in [-0.3, -0.25) is 0 Å². The van der Waals surface area contributed by atoms with E-state index in [0.29, 0.717) is 25.5 Å². The number of hydrogen-bond acceptors (Lipinski definition) is 3. The second-order valence-electron chi connectivity index (χ2n) is 4.97. The van der Waals surface area contributed by atoms with Gasteiger partial charge in [-0.25, -0.2) is 0 Å². The maximum absolute atomic E-state index is 10.1. The predicted molar refractivity (Wildman–Crippen MR) is 61.2 cm³/mol. The van der Waals surface area contributed by atoms with Gasteiger partial charge in [-0.05, 0) is 36.1 Å². The Morgan fingerprint density at radius 2 is 1.94 bits per heavy atom. The average molecular weight is 219 g/mol. The van der Waals surface area contributed by atoms with Crippen molar-refractivity contribution in [1.82, 2.24) is 0 Å². The van der Waals surface area contributed by atoms with Gasteiger partial charge in [0.05, 0.1) is 13.2 Å². The average Bonchev–Trinajstić information content (AvgIpc) is 2.64. The van der Waals surface area contributed by atoms with Crippen LogP contribution in [0.5, 0.6) is 5.75 Å². The Kier molecular flexibility index (Phi) is 2.19. The van der Waals surface area contributed by atoms with Gasteiger partial charge in [0.15, 0.2) is 0 Å². The summed E-state index contributed by atoms with van der Waals surface area (Å²) in [5, 5.41) is 10.1. The van der Waals surface area contributed by atoms with Crippen molar-refractivity contribution < 1.29 is 9.84 Å². The number of phenolic OH excluding ortho intramolecular Hbond substituents is 1. The largest absolute Gasteiger partial charge is 0.508 e. The second-order valence-corrected chi connectivity index (χ2v) is 4.97. The van der Waals surface area contributed by atoms with Crippen LogP contribution in [-0.4, -0.2) is 11.7 Å². The predicted octanol–water partition coefficient (Wildman–Crippen LogP) is 1.80. The number of hydrogen-bond donors (Lipinski definition) is 2. The molecule has 16 heavy (non-hydrogen) atoms. The number of phenols is 1. The Labute approximate surface area is 95.2 Å². The Balaban J connectivity index is 2.07. The van der Waals surface area contributed by atoms with Gasteiger partial charge in [0.25, 0.3) is 0 Å². The Hall–Kier alpha value is -1.06. The van der Waals surface area contributed by atoms with Crippen LogP contribution in [0.15, 0.2) is 12.1 Å². The van der Waals surface area contributed by atoms with Crippen molar-refractivity contribution in [3.05, 3.63) is 28.8 Å². The summed E-state index contributed by atoms with van der Waals surface area (Å²) in [6, 6.07) is 3.96. The first-order valence-electron chi connectivity index (χ1n) is 5.88. The molecule has 0 spiro atoms. The first-order valence-corrected chi connectivity index (χ1v) is 5.88. The molecular weight excluding hydrogens is 202 g/mol. The lowest BCUT2D eigenvalue weighted by Gasteiger charge is -2.42. The lowest BCUT2D eigenvalue weighted by atomic mass is 9.64. The molecule has 3 N–H and O–H groups in total. The minimum absolute atomic E-state index is 0.0295. The molecule has 3 heteroatoms. The van der Waals surface area contributed by atoms with E-state index in [2.05, 4.69) is 6.07 Å². The molecule has 1 aromatic rings. The summed E-state index contributed by atoms with van der Waals surface area (Å²) in [5.74, 6) is 0.398. The molecule has 1 fully saturated rings. The van der Waals surface area contributed by atoms with E-state index in [0.717, 1.165) is 24.0 Å². The fourth-order valence-electron chi connectivity index (χ4n) is 2.83. The number of ether oxygens (including phenoxy) is 1. The number of aromatic hydroxyl groups is 1. The highest BCUT2D eigenvalue weighted by Gasteiger charge is 2.39. The molecule has 0 unspecified atom stereocenters. The summed E-state index contributed by atoms with van der Waals surface area (Å²) >= 11 is 0. The molecule has 1 heterocycles. The van der Waals surface area contributed by atoms with E-state index in [4.69, 9.17) is 10.5 Å². The van der Waals surface area contributed by atoms with Crippen molar-refractivity contribution in [2.75, 3.05) is 6.54 Å². The minimum atomic E-state index is 0.0295. The third-order valence-electron chi connectivity index (χ3n) is 4.11. The van der Waals surface area contributed by atoms with Crippen molar-refractivity contribution in [2.45, 2.75) is 37.9 Å². The summed E-state index contributed by atoms with van der Waals surface area (Å²) < 4.78 is 5.38. The van der Waals surface area contributed by atoms with E-state index < -0.39 is 0 Å². The van der Waals surface area contributed by atoms with Gasteiger partial charge in [0.2, 0.25) is 0 Å². The molecule has 2 aliphatic rings. The minimum Gasteiger partial charge on any atom is -0.508 e. The highest BCUT2D eigenvalue weighted by molar-refractivity contribution is 5.47. The van der Waals surface area contributed by atoms with Gasteiger partial charge >= 0.3 is 0 Å². The van der Waals surface area contributed by atoms with Crippen molar-refractivity contribution >= 4 is 0 Å². The van der Waals surface area contributed by atoms with E-state index in [1.807, 2.05) is 6.07 Å². The van der Waals surface area contributed by atoms with Crippen LogP contribution >= 0.6 is 0 Å². The van der Waals surface area contributed by atoms with Gasteiger partial charge in [-0.15, -0.1) is 0 Å².